The molecule has 0 saturated heterocycles. The van der Waals surface area contributed by atoms with E-state index in [0.717, 1.165) is 27.8 Å². The van der Waals surface area contributed by atoms with Crippen molar-refractivity contribution in [2.75, 3.05) is 18.9 Å². The summed E-state index contributed by atoms with van der Waals surface area (Å²) in [5.41, 5.74) is 5.23. The van der Waals surface area contributed by atoms with Gasteiger partial charge in [0.05, 0.1) is 23.3 Å². The van der Waals surface area contributed by atoms with Gasteiger partial charge in [0.2, 0.25) is 5.91 Å². The molecule has 1 heterocycles. The van der Waals surface area contributed by atoms with E-state index in [1.165, 1.54) is 4.90 Å². The van der Waals surface area contributed by atoms with Crippen LogP contribution >= 0.6 is 11.6 Å². The van der Waals surface area contributed by atoms with Crippen LogP contribution < -0.4 is 5.32 Å². The number of fused-ring (bicyclic) bond motifs is 1. The first-order chi connectivity index (χ1) is 15.8. The fourth-order valence-corrected chi connectivity index (χ4v) is 4.08. The lowest BCUT2D eigenvalue weighted by Gasteiger charge is -2.19. The lowest BCUT2D eigenvalue weighted by atomic mass is 10.0. The van der Waals surface area contributed by atoms with Gasteiger partial charge in [-0.3, -0.25) is 9.59 Å². The maximum atomic E-state index is 13.4. The summed E-state index contributed by atoms with van der Waals surface area (Å²) in [7, 11) is 1.62. The number of amides is 2. The van der Waals surface area contributed by atoms with Crippen molar-refractivity contribution >= 4 is 40.0 Å². The molecule has 4 rings (SSSR count). The molecule has 0 unspecified atom stereocenters. The van der Waals surface area contributed by atoms with Crippen molar-refractivity contribution in [2.24, 2.45) is 0 Å². The predicted molar refractivity (Wildman–Crippen MR) is 134 cm³/mol. The molecule has 0 aliphatic carbocycles. The highest BCUT2D eigenvalue weighted by Crippen LogP contribution is 2.30. The monoisotopic (exact) mass is 457 g/mol. The first-order valence-electron chi connectivity index (χ1n) is 10.6. The van der Waals surface area contributed by atoms with Crippen LogP contribution in [0, 0.1) is 13.8 Å². The molecule has 0 aliphatic rings. The molecule has 0 radical (unpaired) electrons. The minimum Gasteiger partial charge on any atom is -0.332 e. The van der Waals surface area contributed by atoms with Gasteiger partial charge in [-0.1, -0.05) is 66.2 Å². The number of pyridine rings is 1. The third-order valence-electron chi connectivity index (χ3n) is 5.57. The summed E-state index contributed by atoms with van der Waals surface area (Å²) in [4.78, 5) is 32.3. The number of nitrogens with one attached hydrogen (secondary N) is 1. The van der Waals surface area contributed by atoms with Crippen LogP contribution in [0.25, 0.3) is 22.2 Å². The van der Waals surface area contributed by atoms with Crippen LogP contribution in [0.3, 0.4) is 0 Å². The smallest absolute Gasteiger partial charge is 0.254 e. The number of nitrogens with zero attached hydrogens (tertiary/aromatic N) is 2. The SMILES string of the molecule is Cc1cccc(C)c1NC(=O)CN(C)C(=O)c1cc(-c2ccccc2Cl)nc2ccccc12. The van der Waals surface area contributed by atoms with Gasteiger partial charge in [0.15, 0.2) is 0 Å². The number of halogens is 1. The Balaban J connectivity index is 1.64. The van der Waals surface area contributed by atoms with E-state index in [0.29, 0.717) is 21.8 Å². The molecule has 166 valence electrons. The summed E-state index contributed by atoms with van der Waals surface area (Å²) in [5, 5.41) is 4.21. The van der Waals surface area contributed by atoms with E-state index in [1.807, 2.05) is 74.5 Å². The maximum Gasteiger partial charge on any atom is 0.254 e. The quantitative estimate of drug-likeness (QED) is 0.407. The van der Waals surface area contributed by atoms with Crippen molar-refractivity contribution in [3.05, 3.63) is 94.5 Å². The Bertz CT molecular complexity index is 1350. The molecule has 6 heteroatoms. The molecule has 3 aromatic carbocycles. The fourth-order valence-electron chi connectivity index (χ4n) is 3.84. The summed E-state index contributed by atoms with van der Waals surface area (Å²) < 4.78 is 0. The van der Waals surface area contributed by atoms with Gasteiger partial charge in [-0.2, -0.15) is 0 Å². The third-order valence-corrected chi connectivity index (χ3v) is 5.90. The van der Waals surface area contributed by atoms with E-state index >= 15 is 0 Å². The number of anilines is 1. The van der Waals surface area contributed by atoms with Gasteiger partial charge >= 0.3 is 0 Å². The van der Waals surface area contributed by atoms with Gasteiger partial charge in [-0.05, 0) is 43.2 Å². The normalized spacial score (nSPS) is 10.8. The van der Waals surface area contributed by atoms with Crippen LogP contribution in [-0.2, 0) is 4.79 Å². The summed E-state index contributed by atoms with van der Waals surface area (Å²) in [5.74, 6) is -0.522. The second-order valence-corrected chi connectivity index (χ2v) is 8.44. The second kappa shape index (κ2) is 9.43. The van der Waals surface area contributed by atoms with Crippen LogP contribution in [0.15, 0.2) is 72.8 Å². The molecule has 0 aliphatic heterocycles. The number of benzene rings is 3. The van der Waals surface area contributed by atoms with Crippen LogP contribution in [0.1, 0.15) is 21.5 Å². The number of hydrogen-bond donors (Lipinski definition) is 1. The van der Waals surface area contributed by atoms with E-state index in [9.17, 15) is 9.59 Å². The van der Waals surface area contributed by atoms with Crippen LogP contribution in [-0.4, -0.2) is 35.3 Å². The number of rotatable bonds is 5. The highest BCUT2D eigenvalue weighted by atomic mass is 35.5. The van der Waals surface area contributed by atoms with Crippen molar-refractivity contribution < 1.29 is 9.59 Å². The van der Waals surface area contributed by atoms with Crippen LogP contribution in [0.2, 0.25) is 5.02 Å². The molecule has 4 aromatic rings. The van der Waals surface area contributed by atoms with Gasteiger partial charge in [-0.25, -0.2) is 4.98 Å². The number of carbonyl (C=O) groups excluding carboxylic acids is 2. The zero-order valence-electron chi connectivity index (χ0n) is 18.7. The number of hydrogen-bond acceptors (Lipinski definition) is 3. The van der Waals surface area contributed by atoms with Crippen LogP contribution in [0.5, 0.6) is 0 Å². The summed E-state index contributed by atoms with van der Waals surface area (Å²) in [6.45, 7) is 3.80. The zero-order valence-corrected chi connectivity index (χ0v) is 19.5. The average Bonchev–Trinajstić information content (AvgIpc) is 2.80. The van der Waals surface area contributed by atoms with Crippen molar-refractivity contribution in [3.63, 3.8) is 0 Å². The molecule has 33 heavy (non-hydrogen) atoms. The molecular formula is C27H24ClN3O2. The number of aryl methyl sites for hydroxylation is 2. The Morgan fingerprint density at radius 1 is 0.939 bits per heavy atom. The zero-order chi connectivity index (χ0) is 23.5. The van der Waals surface area contributed by atoms with E-state index in [2.05, 4.69) is 5.32 Å². The first kappa shape index (κ1) is 22.5. The topological polar surface area (TPSA) is 62.3 Å². The lowest BCUT2D eigenvalue weighted by molar-refractivity contribution is -0.116. The highest BCUT2D eigenvalue weighted by Gasteiger charge is 2.20. The Morgan fingerprint density at radius 3 is 2.33 bits per heavy atom. The molecule has 1 N–H and O–H groups in total. The number of carbonyl (C=O) groups is 2. The number of aromatic nitrogens is 1. The largest absolute Gasteiger partial charge is 0.332 e. The molecule has 2 amide bonds. The lowest BCUT2D eigenvalue weighted by Crippen LogP contribution is -2.35. The molecule has 1 aromatic heterocycles. The van der Waals surface area contributed by atoms with E-state index < -0.39 is 0 Å². The Morgan fingerprint density at radius 2 is 1.61 bits per heavy atom. The van der Waals surface area contributed by atoms with Gasteiger partial charge in [0.25, 0.3) is 5.91 Å². The highest BCUT2D eigenvalue weighted by molar-refractivity contribution is 6.33. The molecular weight excluding hydrogens is 434 g/mol. The van der Waals surface area contributed by atoms with Crippen molar-refractivity contribution in [3.8, 4) is 11.3 Å². The summed E-state index contributed by atoms with van der Waals surface area (Å²) >= 11 is 6.39. The summed E-state index contributed by atoms with van der Waals surface area (Å²) in [6.07, 6.45) is 0. The Hall–Kier alpha value is -3.70. The Kier molecular flexibility index (Phi) is 6.43. The third kappa shape index (κ3) is 4.73. The van der Waals surface area contributed by atoms with Gasteiger partial charge in [0.1, 0.15) is 0 Å². The standard InChI is InChI=1S/C27H24ClN3O2/c1-17-9-8-10-18(2)26(17)30-25(32)16-31(3)27(33)21-15-24(20-12-4-6-13-22(20)28)29-23-14-7-5-11-19(21)23/h4-15H,16H2,1-3H3,(H,30,32). The maximum absolute atomic E-state index is 13.4. The van der Waals surface area contributed by atoms with E-state index in [1.54, 1.807) is 19.2 Å². The minimum atomic E-state index is -0.265. The first-order valence-corrected chi connectivity index (χ1v) is 11.0. The van der Waals surface area contributed by atoms with Crippen molar-refractivity contribution in [1.82, 2.24) is 9.88 Å². The fraction of sp³-hybridized carbons (Fsp3) is 0.148. The van der Waals surface area contributed by atoms with Crippen molar-refractivity contribution in [1.29, 1.82) is 0 Å². The average molecular weight is 458 g/mol. The molecule has 0 spiro atoms. The molecule has 0 atom stereocenters. The Labute approximate surface area is 198 Å². The second-order valence-electron chi connectivity index (χ2n) is 8.03. The van der Waals surface area contributed by atoms with Gasteiger partial charge < -0.3 is 10.2 Å². The molecule has 0 saturated carbocycles. The predicted octanol–water partition coefficient (Wildman–Crippen LogP) is 5.88. The molecule has 5 nitrogen and oxygen atoms in total. The van der Waals surface area contributed by atoms with Crippen molar-refractivity contribution in [2.45, 2.75) is 13.8 Å². The molecule has 0 fully saturated rings. The van der Waals surface area contributed by atoms with Gasteiger partial charge in [-0.15, -0.1) is 0 Å². The number of likely N-dealkylation sites (N-methyl/N-ethyl adjacent to an activating group) is 1. The number of para-hydroxylation sites is 2. The van der Waals surface area contributed by atoms with E-state index in [-0.39, 0.29) is 18.4 Å². The van der Waals surface area contributed by atoms with Crippen LogP contribution in [0.4, 0.5) is 5.69 Å². The van der Waals surface area contributed by atoms with Gasteiger partial charge in [0, 0.05) is 28.7 Å². The minimum absolute atomic E-state index is 0.0787. The molecule has 0 bridgehead atoms. The van der Waals surface area contributed by atoms with E-state index in [4.69, 9.17) is 16.6 Å². The summed E-state index contributed by atoms with van der Waals surface area (Å²) in [6, 6.07) is 22.4.